The van der Waals surface area contributed by atoms with E-state index in [0.717, 1.165) is 30.8 Å². The third-order valence-corrected chi connectivity index (χ3v) is 4.45. The van der Waals surface area contributed by atoms with Crippen LogP contribution >= 0.6 is 0 Å². The van der Waals surface area contributed by atoms with E-state index in [4.69, 9.17) is 4.74 Å². The number of rotatable bonds is 5. The van der Waals surface area contributed by atoms with E-state index >= 15 is 0 Å². The molecule has 0 saturated heterocycles. The fourth-order valence-corrected chi connectivity index (χ4v) is 2.90. The summed E-state index contributed by atoms with van der Waals surface area (Å²) in [5, 5.41) is 8.01. The molecule has 0 aromatic carbocycles. The molecule has 1 saturated carbocycles. The lowest BCUT2D eigenvalue weighted by Crippen LogP contribution is -2.59. The topological polar surface area (TPSA) is 39.1 Å². The molecule has 1 aromatic rings. The van der Waals surface area contributed by atoms with Crippen LogP contribution in [0, 0.1) is 12.3 Å². The van der Waals surface area contributed by atoms with E-state index < -0.39 is 0 Å². The maximum Gasteiger partial charge on any atom is 0.0825 e. The van der Waals surface area contributed by atoms with Crippen molar-refractivity contribution in [3.8, 4) is 0 Å². The molecule has 4 heteroatoms. The normalized spacial score (nSPS) is 31.2. The summed E-state index contributed by atoms with van der Waals surface area (Å²) in [6.45, 7) is 9.49. The van der Waals surface area contributed by atoms with Gasteiger partial charge in [0.05, 0.1) is 17.5 Å². The van der Waals surface area contributed by atoms with Crippen molar-refractivity contribution in [1.29, 1.82) is 0 Å². The van der Waals surface area contributed by atoms with Gasteiger partial charge < -0.3 is 10.1 Å². The quantitative estimate of drug-likeness (QED) is 0.874. The SMILES string of the molecule is CCOC1CC(Nc2cn(C)nc2C)C1(C)CC. The summed E-state index contributed by atoms with van der Waals surface area (Å²) in [6.07, 6.45) is 4.67. The number of nitrogens with zero attached hydrogens (tertiary/aromatic N) is 2. The van der Waals surface area contributed by atoms with Crippen molar-refractivity contribution in [2.75, 3.05) is 11.9 Å². The Morgan fingerprint density at radius 2 is 2.28 bits per heavy atom. The van der Waals surface area contributed by atoms with Crippen LogP contribution in [0.5, 0.6) is 0 Å². The maximum atomic E-state index is 5.83. The van der Waals surface area contributed by atoms with Crippen LogP contribution in [0.25, 0.3) is 0 Å². The van der Waals surface area contributed by atoms with Crippen molar-refractivity contribution in [1.82, 2.24) is 9.78 Å². The molecule has 0 amide bonds. The Labute approximate surface area is 110 Å². The Hall–Kier alpha value is -1.03. The summed E-state index contributed by atoms with van der Waals surface area (Å²) >= 11 is 0. The van der Waals surface area contributed by atoms with Gasteiger partial charge in [0.1, 0.15) is 0 Å². The number of aryl methyl sites for hydroxylation is 2. The second kappa shape index (κ2) is 4.92. The highest BCUT2D eigenvalue weighted by Crippen LogP contribution is 2.47. The van der Waals surface area contributed by atoms with Crippen LogP contribution in [0.1, 0.15) is 39.3 Å². The summed E-state index contributed by atoms with van der Waals surface area (Å²) in [5.74, 6) is 0. The fourth-order valence-electron chi connectivity index (χ4n) is 2.90. The van der Waals surface area contributed by atoms with Crippen LogP contribution in [0.4, 0.5) is 5.69 Å². The van der Waals surface area contributed by atoms with Gasteiger partial charge in [0.15, 0.2) is 0 Å². The first-order valence-corrected chi connectivity index (χ1v) is 6.89. The summed E-state index contributed by atoms with van der Waals surface area (Å²) in [5.41, 5.74) is 2.45. The molecule has 0 aliphatic heterocycles. The molecule has 3 atom stereocenters. The van der Waals surface area contributed by atoms with Crippen molar-refractivity contribution < 1.29 is 4.74 Å². The molecule has 1 heterocycles. The van der Waals surface area contributed by atoms with E-state index in [1.807, 2.05) is 18.7 Å². The third kappa shape index (κ3) is 2.14. The minimum Gasteiger partial charge on any atom is -0.379 e. The van der Waals surface area contributed by atoms with Crippen LogP contribution in [-0.4, -0.2) is 28.5 Å². The lowest BCUT2D eigenvalue weighted by molar-refractivity contribution is -0.109. The van der Waals surface area contributed by atoms with Crippen LogP contribution in [0.3, 0.4) is 0 Å². The van der Waals surface area contributed by atoms with E-state index in [9.17, 15) is 0 Å². The number of aromatic nitrogens is 2. The fraction of sp³-hybridized carbons (Fsp3) is 0.786. The summed E-state index contributed by atoms with van der Waals surface area (Å²) in [4.78, 5) is 0. The van der Waals surface area contributed by atoms with E-state index in [1.165, 1.54) is 0 Å². The zero-order valence-electron chi connectivity index (χ0n) is 12.2. The summed E-state index contributed by atoms with van der Waals surface area (Å²) in [7, 11) is 1.96. The van der Waals surface area contributed by atoms with Gasteiger partial charge in [0.2, 0.25) is 0 Å². The predicted octanol–water partition coefficient (Wildman–Crippen LogP) is 2.73. The van der Waals surface area contributed by atoms with Crippen molar-refractivity contribution in [3.05, 3.63) is 11.9 Å². The highest BCUT2D eigenvalue weighted by Gasteiger charge is 2.51. The predicted molar refractivity (Wildman–Crippen MR) is 73.8 cm³/mol. The van der Waals surface area contributed by atoms with Gasteiger partial charge in [-0.1, -0.05) is 13.8 Å². The number of hydrogen-bond donors (Lipinski definition) is 1. The van der Waals surface area contributed by atoms with Crippen molar-refractivity contribution >= 4 is 5.69 Å². The Morgan fingerprint density at radius 3 is 2.78 bits per heavy atom. The van der Waals surface area contributed by atoms with Gasteiger partial charge in [-0.05, 0) is 26.7 Å². The average molecular weight is 251 g/mol. The monoisotopic (exact) mass is 251 g/mol. The van der Waals surface area contributed by atoms with E-state index in [2.05, 4.69) is 37.4 Å². The largest absolute Gasteiger partial charge is 0.379 e. The van der Waals surface area contributed by atoms with Crippen molar-refractivity contribution in [3.63, 3.8) is 0 Å². The molecule has 1 aliphatic carbocycles. The lowest BCUT2D eigenvalue weighted by atomic mass is 9.61. The second-order valence-corrected chi connectivity index (χ2v) is 5.54. The van der Waals surface area contributed by atoms with Crippen LogP contribution in [-0.2, 0) is 11.8 Å². The lowest BCUT2D eigenvalue weighted by Gasteiger charge is -2.53. The Kier molecular flexibility index (Phi) is 3.66. The average Bonchev–Trinajstić information content (AvgIpc) is 2.65. The molecule has 2 rings (SSSR count). The first kappa shape index (κ1) is 13.4. The van der Waals surface area contributed by atoms with Gasteiger partial charge in [0, 0.05) is 31.3 Å². The van der Waals surface area contributed by atoms with Gasteiger partial charge in [-0.15, -0.1) is 0 Å². The van der Waals surface area contributed by atoms with E-state index in [0.29, 0.717) is 12.1 Å². The molecule has 1 aromatic heterocycles. The van der Waals surface area contributed by atoms with Gasteiger partial charge in [-0.2, -0.15) is 5.10 Å². The van der Waals surface area contributed by atoms with Crippen LogP contribution < -0.4 is 5.32 Å². The zero-order chi connectivity index (χ0) is 13.3. The van der Waals surface area contributed by atoms with E-state index in [-0.39, 0.29) is 5.41 Å². The van der Waals surface area contributed by atoms with Gasteiger partial charge >= 0.3 is 0 Å². The molecule has 3 unspecified atom stereocenters. The molecule has 4 nitrogen and oxygen atoms in total. The second-order valence-electron chi connectivity index (χ2n) is 5.54. The number of nitrogens with one attached hydrogen (secondary N) is 1. The zero-order valence-corrected chi connectivity index (χ0v) is 12.2. The molecule has 0 radical (unpaired) electrons. The van der Waals surface area contributed by atoms with Gasteiger partial charge in [-0.25, -0.2) is 0 Å². The molecule has 1 N–H and O–H groups in total. The summed E-state index contributed by atoms with van der Waals surface area (Å²) < 4.78 is 7.69. The molecule has 1 aliphatic rings. The maximum absolute atomic E-state index is 5.83. The minimum absolute atomic E-state index is 0.234. The Balaban J connectivity index is 2.05. The molecule has 18 heavy (non-hydrogen) atoms. The van der Waals surface area contributed by atoms with Crippen LogP contribution in [0.2, 0.25) is 0 Å². The molecule has 102 valence electrons. The highest BCUT2D eigenvalue weighted by atomic mass is 16.5. The smallest absolute Gasteiger partial charge is 0.0825 e. The summed E-state index contributed by atoms with van der Waals surface area (Å²) in [6, 6.07) is 0.488. The number of ether oxygens (including phenoxy) is 1. The highest BCUT2D eigenvalue weighted by molar-refractivity contribution is 5.47. The molecular weight excluding hydrogens is 226 g/mol. The van der Waals surface area contributed by atoms with Crippen molar-refractivity contribution in [2.24, 2.45) is 12.5 Å². The first-order valence-electron chi connectivity index (χ1n) is 6.89. The minimum atomic E-state index is 0.234. The van der Waals surface area contributed by atoms with Gasteiger partial charge in [-0.3, -0.25) is 4.68 Å². The van der Waals surface area contributed by atoms with Crippen LogP contribution in [0.15, 0.2) is 6.20 Å². The molecular formula is C14H25N3O. The van der Waals surface area contributed by atoms with Gasteiger partial charge in [0.25, 0.3) is 0 Å². The number of hydrogen-bond acceptors (Lipinski definition) is 3. The number of anilines is 1. The van der Waals surface area contributed by atoms with Crippen molar-refractivity contribution in [2.45, 2.75) is 52.7 Å². The Morgan fingerprint density at radius 1 is 1.56 bits per heavy atom. The standard InChI is InChI=1S/C14H25N3O/c1-6-14(4)12(8-13(14)18-7-2)15-11-9-17(5)16-10(11)3/h9,12-13,15H,6-8H2,1-5H3. The molecule has 1 fully saturated rings. The molecule has 0 spiro atoms. The Bertz CT molecular complexity index is 415. The first-order chi connectivity index (χ1) is 8.51. The molecule has 0 bridgehead atoms. The van der Waals surface area contributed by atoms with E-state index in [1.54, 1.807) is 0 Å². The third-order valence-electron chi connectivity index (χ3n) is 4.45.